The molecule has 1 heterocycles. The van der Waals surface area contributed by atoms with Gasteiger partial charge >= 0.3 is 3.93 Å². The molecule has 0 unspecified atom stereocenters. The Morgan fingerprint density at radius 1 is 1.38 bits per heavy atom. The first-order valence-electron chi connectivity index (χ1n) is 4.33. The summed E-state index contributed by atoms with van der Waals surface area (Å²) in [6.07, 6.45) is -1.46. The number of rotatable bonds is 2. The lowest BCUT2D eigenvalue weighted by molar-refractivity contribution is -0.0584. The molecule has 0 aromatic heterocycles. The van der Waals surface area contributed by atoms with Crippen LogP contribution in [0.1, 0.15) is 5.56 Å². The average molecular weight is 340 g/mol. The van der Waals surface area contributed by atoms with E-state index in [0.717, 1.165) is 22.6 Å². The molecule has 0 radical (unpaired) electrons. The summed E-state index contributed by atoms with van der Waals surface area (Å²) in [4.78, 5) is 4.57. The van der Waals surface area contributed by atoms with Crippen LogP contribution in [0.4, 0.5) is 8.78 Å². The van der Waals surface area contributed by atoms with Crippen LogP contribution in [-0.4, -0.2) is 21.1 Å². The van der Waals surface area contributed by atoms with Gasteiger partial charge in [-0.15, -0.1) is 0 Å². The van der Waals surface area contributed by atoms with Crippen LogP contribution in [0.25, 0.3) is 0 Å². The van der Waals surface area contributed by atoms with Gasteiger partial charge in [-0.05, 0) is 24.3 Å². The molecular formula is C9H7F2IN2O2. The van der Waals surface area contributed by atoms with Crippen molar-refractivity contribution < 1.29 is 18.7 Å². The first-order chi connectivity index (χ1) is 7.47. The van der Waals surface area contributed by atoms with E-state index in [-0.39, 0.29) is 11.6 Å². The number of oxime groups is 1. The van der Waals surface area contributed by atoms with Gasteiger partial charge in [0.1, 0.15) is 5.75 Å². The SMILES string of the molecule is Oc1ccc(C2=NO[C@@H](C(F)(F)I)N2)cc1. The van der Waals surface area contributed by atoms with Crippen LogP contribution in [0.15, 0.2) is 29.4 Å². The third-order valence-corrected chi connectivity index (χ3v) is 2.52. The molecule has 2 N–H and O–H groups in total. The molecule has 1 aromatic carbocycles. The number of amidine groups is 1. The van der Waals surface area contributed by atoms with Crippen LogP contribution in [-0.2, 0) is 4.84 Å². The maximum absolute atomic E-state index is 12.9. The maximum atomic E-state index is 12.9. The number of hydrogen-bond donors (Lipinski definition) is 2. The molecule has 0 saturated heterocycles. The number of benzene rings is 1. The van der Waals surface area contributed by atoms with Gasteiger partial charge < -0.3 is 15.3 Å². The number of nitrogens with zero attached hydrogens (tertiary/aromatic N) is 1. The molecule has 0 amide bonds. The summed E-state index contributed by atoms with van der Waals surface area (Å²) in [6, 6.07) is 5.99. The number of nitrogens with one attached hydrogen (secondary N) is 1. The molecule has 0 fully saturated rings. The van der Waals surface area contributed by atoms with Crippen molar-refractivity contribution in [2.45, 2.75) is 10.2 Å². The molecular weight excluding hydrogens is 333 g/mol. The second-order valence-electron chi connectivity index (χ2n) is 3.16. The van der Waals surface area contributed by atoms with E-state index in [4.69, 9.17) is 5.11 Å². The number of aromatic hydroxyl groups is 1. The van der Waals surface area contributed by atoms with Crippen LogP contribution in [0, 0.1) is 0 Å². The summed E-state index contributed by atoms with van der Waals surface area (Å²) in [7, 11) is 0. The van der Waals surface area contributed by atoms with E-state index in [2.05, 4.69) is 15.3 Å². The highest BCUT2D eigenvalue weighted by Gasteiger charge is 2.42. The molecule has 7 heteroatoms. The van der Waals surface area contributed by atoms with Gasteiger partial charge in [0.2, 0.25) is 0 Å². The normalized spacial score (nSPS) is 19.9. The third kappa shape index (κ3) is 2.34. The number of phenols is 1. The number of halogens is 3. The average Bonchev–Trinajstić information content (AvgIpc) is 2.67. The summed E-state index contributed by atoms with van der Waals surface area (Å²) in [5.74, 6) is 0.320. The highest BCUT2D eigenvalue weighted by atomic mass is 127. The standard InChI is InChI=1S/C9H7F2IN2O2/c10-9(11,12)8-13-7(14-16-8)5-1-3-6(15)4-2-5/h1-4,8,15H,(H,13,14)/t8-/m0/s1. The molecule has 1 aliphatic rings. The Bertz CT molecular complexity index is 417. The van der Waals surface area contributed by atoms with Gasteiger partial charge in [0.05, 0.1) is 0 Å². The van der Waals surface area contributed by atoms with Crippen molar-refractivity contribution in [3.05, 3.63) is 29.8 Å². The highest BCUT2D eigenvalue weighted by Crippen LogP contribution is 2.30. The zero-order valence-electron chi connectivity index (χ0n) is 7.82. The van der Waals surface area contributed by atoms with Crippen molar-refractivity contribution in [2.75, 3.05) is 0 Å². The zero-order chi connectivity index (χ0) is 11.8. The van der Waals surface area contributed by atoms with E-state index >= 15 is 0 Å². The van der Waals surface area contributed by atoms with Crippen LogP contribution in [0.3, 0.4) is 0 Å². The smallest absolute Gasteiger partial charge is 0.353 e. The molecule has 1 atom stereocenters. The predicted octanol–water partition coefficient (Wildman–Crippen LogP) is 2.03. The molecule has 2 rings (SSSR count). The number of phenolic OH excluding ortho intramolecular Hbond substituents is 1. The largest absolute Gasteiger partial charge is 0.508 e. The van der Waals surface area contributed by atoms with E-state index in [1.165, 1.54) is 12.1 Å². The van der Waals surface area contributed by atoms with Gasteiger partial charge in [0.25, 0.3) is 6.23 Å². The lowest BCUT2D eigenvalue weighted by atomic mass is 10.2. The number of hydrogen-bond acceptors (Lipinski definition) is 4. The molecule has 86 valence electrons. The summed E-state index contributed by atoms with van der Waals surface area (Å²) in [5, 5.41) is 15.0. The van der Waals surface area contributed by atoms with E-state index in [9.17, 15) is 8.78 Å². The van der Waals surface area contributed by atoms with Crippen molar-refractivity contribution in [1.29, 1.82) is 0 Å². The summed E-state index contributed by atoms with van der Waals surface area (Å²) in [6.45, 7) is 0. The van der Waals surface area contributed by atoms with E-state index in [1.54, 1.807) is 12.1 Å². The van der Waals surface area contributed by atoms with Crippen LogP contribution in [0.5, 0.6) is 5.75 Å². The quantitative estimate of drug-likeness (QED) is 0.640. The van der Waals surface area contributed by atoms with E-state index in [1.807, 2.05) is 0 Å². The van der Waals surface area contributed by atoms with Crippen LogP contribution >= 0.6 is 22.6 Å². The minimum absolute atomic E-state index is 0.0963. The second kappa shape index (κ2) is 4.04. The van der Waals surface area contributed by atoms with Gasteiger partial charge in [-0.3, -0.25) is 0 Å². The molecule has 16 heavy (non-hydrogen) atoms. The summed E-state index contributed by atoms with van der Waals surface area (Å²) >= 11 is 0.979. The van der Waals surface area contributed by atoms with E-state index < -0.39 is 10.2 Å². The molecule has 1 aliphatic heterocycles. The Balaban J connectivity index is 2.12. The first-order valence-corrected chi connectivity index (χ1v) is 5.41. The lowest BCUT2D eigenvalue weighted by Crippen LogP contribution is -2.40. The highest BCUT2D eigenvalue weighted by molar-refractivity contribution is 14.1. The lowest BCUT2D eigenvalue weighted by Gasteiger charge is -2.15. The molecule has 0 aliphatic carbocycles. The van der Waals surface area contributed by atoms with Crippen LogP contribution in [0.2, 0.25) is 0 Å². The predicted molar refractivity (Wildman–Crippen MR) is 61.6 cm³/mol. The van der Waals surface area contributed by atoms with Crippen molar-refractivity contribution in [3.63, 3.8) is 0 Å². The fourth-order valence-corrected chi connectivity index (χ4v) is 1.45. The minimum atomic E-state index is -3.04. The fraction of sp³-hybridized carbons (Fsp3) is 0.222. The van der Waals surface area contributed by atoms with Gasteiger partial charge in [-0.2, -0.15) is 8.78 Å². The Morgan fingerprint density at radius 2 is 2.00 bits per heavy atom. The zero-order valence-corrected chi connectivity index (χ0v) is 9.98. The molecule has 0 bridgehead atoms. The summed E-state index contributed by atoms with van der Waals surface area (Å²) < 4.78 is 22.7. The summed E-state index contributed by atoms with van der Waals surface area (Å²) in [5.41, 5.74) is 0.570. The fourth-order valence-electron chi connectivity index (χ4n) is 1.18. The van der Waals surface area contributed by atoms with Crippen molar-refractivity contribution in [1.82, 2.24) is 5.32 Å². The van der Waals surface area contributed by atoms with Crippen LogP contribution < -0.4 is 5.32 Å². The van der Waals surface area contributed by atoms with Gasteiger partial charge in [0.15, 0.2) is 5.84 Å². The minimum Gasteiger partial charge on any atom is -0.508 e. The van der Waals surface area contributed by atoms with Crippen molar-refractivity contribution >= 4 is 28.4 Å². The van der Waals surface area contributed by atoms with Gasteiger partial charge in [0, 0.05) is 28.2 Å². The third-order valence-electron chi connectivity index (χ3n) is 1.96. The molecule has 0 saturated carbocycles. The molecule has 0 spiro atoms. The van der Waals surface area contributed by atoms with Crippen molar-refractivity contribution in [3.8, 4) is 5.75 Å². The van der Waals surface area contributed by atoms with Crippen molar-refractivity contribution in [2.24, 2.45) is 5.16 Å². The maximum Gasteiger partial charge on any atom is 0.353 e. The number of alkyl halides is 3. The van der Waals surface area contributed by atoms with E-state index in [0.29, 0.717) is 5.56 Å². The molecule has 1 aromatic rings. The Kier molecular flexibility index (Phi) is 2.87. The molecule has 4 nitrogen and oxygen atoms in total. The Morgan fingerprint density at radius 3 is 2.50 bits per heavy atom. The van der Waals surface area contributed by atoms with Gasteiger partial charge in [-0.25, -0.2) is 0 Å². The topological polar surface area (TPSA) is 53.9 Å². The van der Waals surface area contributed by atoms with Gasteiger partial charge in [-0.1, -0.05) is 5.16 Å². The first kappa shape index (κ1) is 11.4. The Hall–Kier alpha value is -1.12. The second-order valence-corrected chi connectivity index (χ2v) is 4.60. The monoisotopic (exact) mass is 340 g/mol. The Labute approximate surface area is 103 Å².